The molecule has 3 nitrogen and oxygen atoms in total. The highest BCUT2D eigenvalue weighted by molar-refractivity contribution is 5.96. The molecular weight excluding hydrogens is 1240 g/mol. The number of hydrogen-bond donors (Lipinski definition) is 3. The molecule has 0 saturated carbocycles. The Morgan fingerprint density at radius 1 is 0.194 bits per heavy atom. The molecule has 3 N–H and O–H groups in total. The molecule has 0 unspecified atom stereocenters. The first-order valence-corrected chi connectivity index (χ1v) is 36.6. The van der Waals surface area contributed by atoms with Crippen molar-refractivity contribution in [2.75, 3.05) is 16.0 Å². The van der Waals surface area contributed by atoms with Crippen LogP contribution in [0.2, 0.25) is 0 Å². The molecule has 14 aromatic carbocycles. The zero-order valence-electron chi connectivity index (χ0n) is 60.7. The summed E-state index contributed by atoms with van der Waals surface area (Å²) in [6.07, 6.45) is 0. The van der Waals surface area contributed by atoms with Gasteiger partial charge in [-0.05, 0) is 217 Å². The van der Waals surface area contributed by atoms with Crippen molar-refractivity contribution >= 4 is 34.1 Å². The third-order valence-electron chi connectivity index (χ3n) is 23.0. The van der Waals surface area contributed by atoms with Gasteiger partial charge in [-0.1, -0.05) is 324 Å². The van der Waals surface area contributed by atoms with Gasteiger partial charge in [-0.15, -0.1) is 0 Å². The van der Waals surface area contributed by atoms with E-state index in [1.54, 1.807) is 0 Å². The van der Waals surface area contributed by atoms with Crippen LogP contribution in [0.4, 0.5) is 34.1 Å². The van der Waals surface area contributed by atoms with Gasteiger partial charge in [-0.3, -0.25) is 0 Å². The number of fused-ring (bicyclic) bond motifs is 19. The minimum atomic E-state index is -0.373. The quantitative estimate of drug-likeness (QED) is 0.142. The van der Waals surface area contributed by atoms with E-state index in [2.05, 4.69) is 413 Å². The van der Waals surface area contributed by atoms with Crippen molar-refractivity contribution in [1.29, 1.82) is 0 Å². The predicted octanol–water partition coefficient (Wildman–Crippen LogP) is 26.2. The van der Waals surface area contributed by atoms with E-state index in [-0.39, 0.29) is 32.5 Å². The van der Waals surface area contributed by atoms with E-state index in [9.17, 15) is 0 Å². The summed E-state index contributed by atoms with van der Waals surface area (Å²) in [5, 5.41) is 11.1. The Balaban J connectivity index is 0.000000115. The van der Waals surface area contributed by atoms with Gasteiger partial charge in [0.25, 0.3) is 0 Å². The molecule has 5 aliphatic rings. The van der Waals surface area contributed by atoms with Crippen LogP contribution in [0, 0.1) is 0 Å². The predicted molar refractivity (Wildman–Crippen MR) is 435 cm³/mol. The molecule has 0 aliphatic heterocycles. The summed E-state index contributed by atoms with van der Waals surface area (Å²) < 4.78 is 0. The van der Waals surface area contributed by atoms with Crippen LogP contribution in [0.15, 0.2) is 328 Å². The lowest BCUT2D eigenvalue weighted by atomic mass is 9.67. The Morgan fingerprint density at radius 3 is 0.738 bits per heavy atom. The van der Waals surface area contributed by atoms with E-state index in [0.29, 0.717) is 0 Å². The van der Waals surface area contributed by atoms with Crippen LogP contribution < -0.4 is 16.0 Å². The summed E-state index contributed by atoms with van der Waals surface area (Å²) >= 11 is 0. The van der Waals surface area contributed by atoms with E-state index in [1.807, 2.05) is 0 Å². The van der Waals surface area contributed by atoms with E-state index in [1.165, 1.54) is 134 Å². The number of nitrogens with one attached hydrogen (secondary N) is 3. The van der Waals surface area contributed by atoms with Crippen molar-refractivity contribution < 1.29 is 0 Å². The number of anilines is 6. The second kappa shape index (κ2) is 24.6. The van der Waals surface area contributed by atoms with Crippen molar-refractivity contribution in [3.8, 4) is 55.6 Å². The van der Waals surface area contributed by atoms with Crippen molar-refractivity contribution in [2.24, 2.45) is 0 Å². The molecule has 19 rings (SSSR count). The van der Waals surface area contributed by atoms with E-state index < -0.39 is 0 Å². The maximum atomic E-state index is 3.69. The number of rotatable bonds is 8. The van der Waals surface area contributed by atoms with Crippen molar-refractivity contribution in [2.45, 2.75) is 102 Å². The van der Waals surface area contributed by atoms with Gasteiger partial charge >= 0.3 is 0 Å². The van der Waals surface area contributed by atoms with Crippen LogP contribution in [0.1, 0.15) is 147 Å². The Hall–Kier alpha value is -11.5. The topological polar surface area (TPSA) is 36.1 Å². The molecule has 5 aliphatic carbocycles. The van der Waals surface area contributed by atoms with Gasteiger partial charge in [0, 0.05) is 45.0 Å². The fourth-order valence-corrected chi connectivity index (χ4v) is 17.9. The fraction of sp³-hybridized carbons (Fsp3) is 0.160. The SMILES string of the molecule is CC(C)(C)c1ccc(Nc2ccc3c(c2)C(c2ccccc2)(c2ccccc2)c2ccccc2-3)cc1.CC(C)(C)c1ccc(Nc2ccc3c(c2)C2(c4ccccc4-c4ccccc42)c2ccccc2-3)cc1.CC1(C)c2ccccc2-c2ccc(Nc3ccc4c(c3)C(C)(C)c3ccccc3-4)cc21. The summed E-state index contributed by atoms with van der Waals surface area (Å²) in [6, 6.07) is 120. The summed E-state index contributed by atoms with van der Waals surface area (Å²) in [4.78, 5) is 0. The zero-order chi connectivity index (χ0) is 70.6. The molecule has 0 saturated heterocycles. The molecular formula is C100H87N3. The minimum absolute atomic E-state index is 0.0190. The van der Waals surface area contributed by atoms with Gasteiger partial charge in [0.05, 0.1) is 10.8 Å². The lowest BCUT2D eigenvalue weighted by Crippen LogP contribution is -2.28. The molecule has 0 aromatic heterocycles. The molecule has 14 aromatic rings. The molecule has 0 radical (unpaired) electrons. The average molecular weight is 1330 g/mol. The van der Waals surface area contributed by atoms with Gasteiger partial charge in [-0.25, -0.2) is 0 Å². The van der Waals surface area contributed by atoms with Gasteiger partial charge in [-0.2, -0.15) is 0 Å². The molecule has 0 amide bonds. The maximum Gasteiger partial charge on any atom is 0.0726 e. The van der Waals surface area contributed by atoms with Gasteiger partial charge in [0.15, 0.2) is 0 Å². The van der Waals surface area contributed by atoms with Crippen molar-refractivity contribution in [3.63, 3.8) is 0 Å². The molecule has 0 bridgehead atoms. The highest BCUT2D eigenvalue weighted by atomic mass is 14.9. The first-order chi connectivity index (χ1) is 49.8. The number of hydrogen-bond acceptors (Lipinski definition) is 3. The van der Waals surface area contributed by atoms with E-state index in [0.717, 1.165) is 34.1 Å². The molecule has 3 heteroatoms. The average Bonchev–Trinajstić information content (AvgIpc) is 1.51. The molecule has 502 valence electrons. The standard InChI is InChI=1S/C35H29N.C35H31N.C30H27N/c1-34(2,3)23-16-18-24(19-17-23)36-25-20-21-29-28-12-6-9-15-32(28)35(33(29)22-25)30-13-7-4-10-26(30)27-11-5-8-14-31(27)35;1-34(2,3)25-18-20-28(21-19-25)36-29-22-23-31-30-16-10-11-17-32(30)35(33(31)24-29,26-12-6-4-7-13-26)27-14-8-5-9-15-27;1-29(2)25-11-7-5-9-21(25)23-15-13-19(17-27(23)29)31-20-14-16-24-22-10-6-8-12-26(22)30(3,4)28(24)18-20/h4-22,36H,1-3H3;4-24,36H,1-3H3;5-18,31H,1-4H3. The second-order valence-electron chi connectivity index (χ2n) is 31.8. The third-order valence-corrected chi connectivity index (χ3v) is 23.0. The van der Waals surface area contributed by atoms with Crippen LogP contribution in [0.25, 0.3) is 55.6 Å². The first kappa shape index (κ1) is 64.8. The van der Waals surface area contributed by atoms with E-state index in [4.69, 9.17) is 0 Å². The highest BCUT2D eigenvalue weighted by Crippen LogP contribution is 2.64. The Labute approximate surface area is 609 Å². The van der Waals surface area contributed by atoms with Crippen molar-refractivity contribution in [1.82, 2.24) is 0 Å². The smallest absolute Gasteiger partial charge is 0.0726 e. The highest BCUT2D eigenvalue weighted by Gasteiger charge is 2.52. The summed E-state index contributed by atoms with van der Waals surface area (Å²) in [7, 11) is 0. The fourth-order valence-electron chi connectivity index (χ4n) is 17.9. The van der Waals surface area contributed by atoms with Gasteiger partial charge in [0.1, 0.15) is 0 Å². The van der Waals surface area contributed by atoms with Crippen LogP contribution in [0.3, 0.4) is 0 Å². The van der Waals surface area contributed by atoms with Gasteiger partial charge in [0.2, 0.25) is 0 Å². The van der Waals surface area contributed by atoms with Gasteiger partial charge < -0.3 is 16.0 Å². The maximum absolute atomic E-state index is 3.69. The van der Waals surface area contributed by atoms with Crippen LogP contribution in [0.5, 0.6) is 0 Å². The third kappa shape index (κ3) is 10.6. The monoisotopic (exact) mass is 1330 g/mol. The largest absolute Gasteiger partial charge is 0.356 e. The Morgan fingerprint density at radius 2 is 0.417 bits per heavy atom. The first-order valence-electron chi connectivity index (χ1n) is 36.6. The molecule has 0 atom stereocenters. The lowest BCUT2D eigenvalue weighted by Gasteiger charge is -2.34. The minimum Gasteiger partial charge on any atom is -0.356 e. The van der Waals surface area contributed by atoms with E-state index >= 15 is 0 Å². The lowest BCUT2D eigenvalue weighted by molar-refractivity contribution is 0.590. The molecule has 0 fully saturated rings. The molecule has 103 heavy (non-hydrogen) atoms. The van der Waals surface area contributed by atoms with Crippen LogP contribution in [-0.4, -0.2) is 0 Å². The van der Waals surface area contributed by atoms with Crippen LogP contribution >= 0.6 is 0 Å². The molecule has 1 spiro atoms. The zero-order valence-corrected chi connectivity index (χ0v) is 60.7. The normalized spacial score (nSPS) is 14.6. The summed E-state index contributed by atoms with van der Waals surface area (Å²) in [6.45, 7) is 22.8. The Bertz CT molecular complexity index is 5240. The second-order valence-corrected chi connectivity index (χ2v) is 31.8. The number of benzene rings is 14. The van der Waals surface area contributed by atoms with Crippen LogP contribution in [-0.2, 0) is 32.5 Å². The molecule has 0 heterocycles. The summed E-state index contributed by atoms with van der Waals surface area (Å²) in [5.41, 5.74) is 38.8. The summed E-state index contributed by atoms with van der Waals surface area (Å²) in [5.74, 6) is 0. The Kier molecular flexibility index (Phi) is 15.5. The van der Waals surface area contributed by atoms with Crippen molar-refractivity contribution in [3.05, 3.63) is 405 Å².